The van der Waals surface area contributed by atoms with Gasteiger partial charge in [-0.3, -0.25) is 4.79 Å². The predicted octanol–water partition coefficient (Wildman–Crippen LogP) is 3.43. The lowest BCUT2D eigenvalue weighted by molar-refractivity contribution is -0.131. The number of para-hydroxylation sites is 1. The second kappa shape index (κ2) is 9.15. The van der Waals surface area contributed by atoms with Crippen molar-refractivity contribution in [3.8, 4) is 0 Å². The number of carbonyl (C=O) groups excluding carboxylic acids is 1. The maximum absolute atomic E-state index is 12.8. The van der Waals surface area contributed by atoms with Gasteiger partial charge in [-0.05, 0) is 42.5 Å². The molecule has 0 aromatic heterocycles. The smallest absolute Gasteiger partial charge is 0.328 e. The van der Waals surface area contributed by atoms with E-state index in [1.807, 2.05) is 48.5 Å². The molecule has 1 fully saturated rings. The Labute approximate surface area is 165 Å². The molecule has 1 aliphatic rings. The zero-order chi connectivity index (χ0) is 19.9. The van der Waals surface area contributed by atoms with E-state index in [2.05, 4.69) is 16.8 Å². The molecule has 28 heavy (non-hydrogen) atoms. The van der Waals surface area contributed by atoms with Gasteiger partial charge in [0.25, 0.3) is 0 Å². The number of hydrogen-bond donors (Lipinski definition) is 1. The highest BCUT2D eigenvalue weighted by Gasteiger charge is 2.18. The summed E-state index contributed by atoms with van der Waals surface area (Å²) in [6, 6.07) is 15.1. The molecule has 0 saturated carbocycles. The molecule has 2 aromatic carbocycles. The van der Waals surface area contributed by atoms with Crippen molar-refractivity contribution in [2.75, 3.05) is 38.1 Å². The molecule has 0 atom stereocenters. The number of carbonyl (C=O) groups is 2. The van der Waals surface area contributed by atoms with Crippen molar-refractivity contribution < 1.29 is 14.7 Å². The number of carboxylic acids is 1. The van der Waals surface area contributed by atoms with Crippen LogP contribution < -0.4 is 4.90 Å². The standard InChI is InChI=1S/C23H24N2O3/c1-24-14-16-25(17-15-24)21-5-3-2-4-20(21)22(26)12-10-18-6-8-19(9-7-18)11-13-23(27)28/h2-13H,14-17H2,1H3,(H,27,28)/b12-10+,13-11+. The first-order chi connectivity index (χ1) is 13.5. The average molecular weight is 376 g/mol. The van der Waals surface area contributed by atoms with E-state index in [1.54, 1.807) is 12.2 Å². The van der Waals surface area contributed by atoms with Crippen molar-refractivity contribution in [1.29, 1.82) is 0 Å². The number of ketones is 1. The summed E-state index contributed by atoms with van der Waals surface area (Å²) in [5, 5.41) is 8.67. The number of hydrogen-bond acceptors (Lipinski definition) is 4. The van der Waals surface area contributed by atoms with Crippen LogP contribution in [0.25, 0.3) is 12.2 Å². The number of carboxylic acid groups (broad SMARTS) is 1. The van der Waals surface area contributed by atoms with E-state index in [1.165, 1.54) is 6.08 Å². The molecule has 0 amide bonds. The third-order valence-corrected chi connectivity index (χ3v) is 4.80. The van der Waals surface area contributed by atoms with E-state index >= 15 is 0 Å². The minimum Gasteiger partial charge on any atom is -0.478 e. The number of likely N-dealkylation sites (N-methyl/N-ethyl adjacent to an activating group) is 1. The minimum atomic E-state index is -0.978. The van der Waals surface area contributed by atoms with Gasteiger partial charge in [-0.25, -0.2) is 4.79 Å². The van der Waals surface area contributed by atoms with Crippen LogP contribution >= 0.6 is 0 Å². The molecule has 1 aliphatic heterocycles. The molecule has 1 heterocycles. The lowest BCUT2D eigenvalue weighted by atomic mass is 10.0. The summed E-state index contributed by atoms with van der Waals surface area (Å²) in [4.78, 5) is 27.9. The molecule has 3 rings (SSSR count). The molecule has 0 aliphatic carbocycles. The zero-order valence-corrected chi connectivity index (χ0v) is 15.9. The first kappa shape index (κ1) is 19.6. The molecule has 0 spiro atoms. The normalized spacial score (nSPS) is 15.4. The Morgan fingerprint density at radius 1 is 0.857 bits per heavy atom. The van der Waals surface area contributed by atoms with Crippen LogP contribution in [0, 0.1) is 0 Å². The number of piperazine rings is 1. The Bertz CT molecular complexity index is 892. The van der Waals surface area contributed by atoms with Crippen LogP contribution in [0.5, 0.6) is 0 Å². The number of benzene rings is 2. The summed E-state index contributed by atoms with van der Waals surface area (Å²) in [6.07, 6.45) is 6.02. The summed E-state index contributed by atoms with van der Waals surface area (Å²) in [6.45, 7) is 3.80. The number of allylic oxidation sites excluding steroid dienone is 1. The van der Waals surface area contributed by atoms with Crippen molar-refractivity contribution in [2.24, 2.45) is 0 Å². The Balaban J connectivity index is 1.72. The van der Waals surface area contributed by atoms with Crippen LogP contribution in [0.4, 0.5) is 5.69 Å². The number of aliphatic carboxylic acids is 1. The number of rotatable bonds is 6. The van der Waals surface area contributed by atoms with E-state index in [0.717, 1.165) is 49.1 Å². The van der Waals surface area contributed by atoms with Gasteiger partial charge in [0.1, 0.15) is 0 Å². The van der Waals surface area contributed by atoms with Gasteiger partial charge in [-0.1, -0.05) is 42.5 Å². The van der Waals surface area contributed by atoms with E-state index in [4.69, 9.17) is 5.11 Å². The van der Waals surface area contributed by atoms with Crippen molar-refractivity contribution in [3.63, 3.8) is 0 Å². The first-order valence-electron chi connectivity index (χ1n) is 9.29. The van der Waals surface area contributed by atoms with Crippen molar-refractivity contribution >= 4 is 29.6 Å². The molecular formula is C23H24N2O3. The molecule has 5 nitrogen and oxygen atoms in total. The van der Waals surface area contributed by atoms with Crippen LogP contribution in [0.15, 0.2) is 60.7 Å². The van der Waals surface area contributed by atoms with Gasteiger partial charge in [0.15, 0.2) is 5.78 Å². The van der Waals surface area contributed by atoms with E-state index < -0.39 is 5.97 Å². The molecule has 0 unspecified atom stereocenters. The Kier molecular flexibility index (Phi) is 6.40. The predicted molar refractivity (Wildman–Crippen MR) is 113 cm³/mol. The largest absolute Gasteiger partial charge is 0.478 e. The van der Waals surface area contributed by atoms with Gasteiger partial charge in [0, 0.05) is 43.5 Å². The summed E-state index contributed by atoms with van der Waals surface area (Å²) in [5.41, 5.74) is 3.38. The first-order valence-corrected chi connectivity index (χ1v) is 9.29. The van der Waals surface area contributed by atoms with Gasteiger partial charge < -0.3 is 14.9 Å². The second-order valence-electron chi connectivity index (χ2n) is 6.84. The van der Waals surface area contributed by atoms with E-state index in [9.17, 15) is 9.59 Å². The summed E-state index contributed by atoms with van der Waals surface area (Å²) < 4.78 is 0. The van der Waals surface area contributed by atoms with Crippen LogP contribution in [-0.4, -0.2) is 55.0 Å². The molecule has 0 radical (unpaired) electrons. The molecule has 2 aromatic rings. The van der Waals surface area contributed by atoms with Gasteiger partial charge in [-0.15, -0.1) is 0 Å². The SMILES string of the molecule is CN1CCN(c2ccccc2C(=O)/C=C/c2ccc(/C=C/C(=O)O)cc2)CC1. The van der Waals surface area contributed by atoms with E-state index in [0.29, 0.717) is 5.56 Å². The molecule has 1 N–H and O–H groups in total. The fourth-order valence-electron chi connectivity index (χ4n) is 3.15. The highest BCUT2D eigenvalue weighted by Crippen LogP contribution is 2.23. The zero-order valence-electron chi connectivity index (χ0n) is 15.9. The lowest BCUT2D eigenvalue weighted by Gasteiger charge is -2.34. The summed E-state index contributed by atoms with van der Waals surface area (Å²) >= 11 is 0. The third-order valence-electron chi connectivity index (χ3n) is 4.80. The topological polar surface area (TPSA) is 60.9 Å². The maximum Gasteiger partial charge on any atom is 0.328 e. The molecule has 0 bridgehead atoms. The second-order valence-corrected chi connectivity index (χ2v) is 6.84. The Hall–Kier alpha value is -3.18. The quantitative estimate of drug-likeness (QED) is 0.618. The van der Waals surface area contributed by atoms with Crippen molar-refractivity contribution in [3.05, 3.63) is 77.4 Å². The lowest BCUT2D eigenvalue weighted by Crippen LogP contribution is -2.44. The number of nitrogens with zero attached hydrogens (tertiary/aromatic N) is 2. The van der Waals surface area contributed by atoms with E-state index in [-0.39, 0.29) is 5.78 Å². The molecule has 144 valence electrons. The Morgan fingerprint density at radius 2 is 1.43 bits per heavy atom. The van der Waals surface area contributed by atoms with Crippen LogP contribution in [-0.2, 0) is 4.79 Å². The monoisotopic (exact) mass is 376 g/mol. The van der Waals surface area contributed by atoms with Crippen molar-refractivity contribution in [2.45, 2.75) is 0 Å². The molecule has 5 heteroatoms. The Morgan fingerprint density at radius 3 is 2.04 bits per heavy atom. The van der Waals surface area contributed by atoms with Gasteiger partial charge in [0.2, 0.25) is 0 Å². The van der Waals surface area contributed by atoms with Gasteiger partial charge >= 0.3 is 5.97 Å². The molecule has 1 saturated heterocycles. The fourth-order valence-corrected chi connectivity index (χ4v) is 3.15. The van der Waals surface area contributed by atoms with Crippen molar-refractivity contribution in [1.82, 2.24) is 4.90 Å². The minimum absolute atomic E-state index is 0.0237. The maximum atomic E-state index is 12.8. The summed E-state index contributed by atoms with van der Waals surface area (Å²) in [7, 11) is 2.11. The van der Waals surface area contributed by atoms with Gasteiger partial charge in [0.05, 0.1) is 0 Å². The summed E-state index contributed by atoms with van der Waals surface area (Å²) in [5.74, 6) is -1.00. The highest BCUT2D eigenvalue weighted by atomic mass is 16.4. The van der Waals surface area contributed by atoms with Crippen LogP contribution in [0.3, 0.4) is 0 Å². The molecular weight excluding hydrogens is 352 g/mol. The van der Waals surface area contributed by atoms with Gasteiger partial charge in [-0.2, -0.15) is 0 Å². The highest BCUT2D eigenvalue weighted by molar-refractivity contribution is 6.10. The van der Waals surface area contributed by atoms with Crippen LogP contribution in [0.1, 0.15) is 21.5 Å². The average Bonchev–Trinajstić information content (AvgIpc) is 2.72. The third kappa shape index (κ3) is 5.18. The fraction of sp³-hybridized carbons (Fsp3) is 0.217. The van der Waals surface area contributed by atoms with Crippen LogP contribution in [0.2, 0.25) is 0 Å². The number of anilines is 1.